The number of hydrogen-bond donors (Lipinski definition) is 2. The minimum absolute atomic E-state index is 0.0250. The Morgan fingerprint density at radius 3 is 2.79 bits per heavy atom. The third kappa shape index (κ3) is 3.13. The van der Waals surface area contributed by atoms with Crippen molar-refractivity contribution < 1.29 is 9.53 Å². The van der Waals surface area contributed by atoms with Crippen molar-refractivity contribution in [1.82, 2.24) is 10.2 Å². The Morgan fingerprint density at radius 1 is 1.32 bits per heavy atom. The molecule has 0 bridgehead atoms. The number of H-pyrrole nitrogens is 1. The lowest BCUT2D eigenvalue weighted by Gasteiger charge is -2.10. The molecule has 0 aliphatic carbocycles. The molecule has 1 amide bonds. The maximum atomic E-state index is 11.7. The van der Waals surface area contributed by atoms with Crippen LogP contribution in [0.1, 0.15) is 16.7 Å². The Hall–Kier alpha value is -2.30. The van der Waals surface area contributed by atoms with Crippen molar-refractivity contribution in [2.24, 2.45) is 0 Å². The number of nitrogens with one attached hydrogen (secondary N) is 2. The molecule has 0 aliphatic rings. The van der Waals surface area contributed by atoms with Gasteiger partial charge in [0.05, 0.1) is 6.20 Å². The molecule has 1 aromatic carbocycles. The van der Waals surface area contributed by atoms with Crippen molar-refractivity contribution in [2.75, 3.05) is 11.9 Å². The monoisotopic (exact) mass is 259 g/mol. The number of aryl methyl sites for hydroxylation is 2. The standard InChI is InChI=1S/C14H17N3O2/c1-9-5-4-6-12(11(9)3)19-8-13(18)16-14-10(2)7-15-17-14/h4-7H,8H2,1-3H3,(H2,15,16,17,18). The van der Waals surface area contributed by atoms with E-state index in [0.29, 0.717) is 5.82 Å². The summed E-state index contributed by atoms with van der Waals surface area (Å²) in [6, 6.07) is 5.78. The topological polar surface area (TPSA) is 67.0 Å². The molecule has 0 saturated carbocycles. The van der Waals surface area contributed by atoms with Gasteiger partial charge in [-0.25, -0.2) is 0 Å². The molecule has 2 aromatic rings. The molecular weight excluding hydrogens is 242 g/mol. The molecular formula is C14H17N3O2. The summed E-state index contributed by atoms with van der Waals surface area (Å²) < 4.78 is 5.52. The van der Waals surface area contributed by atoms with E-state index in [9.17, 15) is 4.79 Å². The molecule has 0 saturated heterocycles. The van der Waals surface area contributed by atoms with Crippen LogP contribution in [0.3, 0.4) is 0 Å². The highest BCUT2D eigenvalue weighted by molar-refractivity contribution is 5.91. The summed E-state index contributed by atoms with van der Waals surface area (Å²) >= 11 is 0. The largest absolute Gasteiger partial charge is 0.483 e. The van der Waals surface area contributed by atoms with Crippen LogP contribution >= 0.6 is 0 Å². The van der Waals surface area contributed by atoms with Crippen LogP contribution in [0.4, 0.5) is 5.82 Å². The summed E-state index contributed by atoms with van der Waals surface area (Å²) in [5.41, 5.74) is 3.08. The summed E-state index contributed by atoms with van der Waals surface area (Å²) in [7, 11) is 0. The quantitative estimate of drug-likeness (QED) is 0.885. The van der Waals surface area contributed by atoms with Crippen molar-refractivity contribution in [1.29, 1.82) is 0 Å². The first-order valence-corrected chi connectivity index (χ1v) is 6.06. The second-order valence-electron chi connectivity index (χ2n) is 4.46. The molecule has 100 valence electrons. The molecule has 0 atom stereocenters. The number of benzene rings is 1. The average Bonchev–Trinajstić information content (AvgIpc) is 2.77. The molecule has 5 nitrogen and oxygen atoms in total. The Morgan fingerprint density at radius 2 is 2.11 bits per heavy atom. The van der Waals surface area contributed by atoms with Gasteiger partial charge in [0.1, 0.15) is 11.6 Å². The first-order valence-electron chi connectivity index (χ1n) is 6.06. The number of hydrogen-bond acceptors (Lipinski definition) is 3. The van der Waals surface area contributed by atoms with E-state index < -0.39 is 0 Å². The number of rotatable bonds is 4. The normalized spacial score (nSPS) is 10.3. The minimum Gasteiger partial charge on any atom is -0.483 e. The predicted molar refractivity (Wildman–Crippen MR) is 73.4 cm³/mol. The molecule has 0 unspecified atom stereocenters. The van der Waals surface area contributed by atoms with E-state index in [1.54, 1.807) is 6.20 Å². The molecule has 19 heavy (non-hydrogen) atoms. The smallest absolute Gasteiger partial charge is 0.263 e. The molecule has 0 fully saturated rings. The average molecular weight is 259 g/mol. The van der Waals surface area contributed by atoms with Crippen LogP contribution in [0.15, 0.2) is 24.4 Å². The zero-order valence-corrected chi connectivity index (χ0v) is 11.3. The zero-order valence-electron chi connectivity index (χ0n) is 11.3. The second-order valence-corrected chi connectivity index (χ2v) is 4.46. The highest BCUT2D eigenvalue weighted by atomic mass is 16.5. The number of ether oxygens (including phenoxy) is 1. The fourth-order valence-electron chi connectivity index (χ4n) is 1.67. The van der Waals surface area contributed by atoms with Crippen LogP contribution in [-0.2, 0) is 4.79 Å². The van der Waals surface area contributed by atoms with Crippen molar-refractivity contribution in [3.63, 3.8) is 0 Å². The Bertz CT molecular complexity index is 590. The van der Waals surface area contributed by atoms with Gasteiger partial charge in [-0.1, -0.05) is 12.1 Å². The zero-order chi connectivity index (χ0) is 13.8. The number of carbonyl (C=O) groups is 1. The van der Waals surface area contributed by atoms with Crippen LogP contribution in [0.25, 0.3) is 0 Å². The predicted octanol–water partition coefficient (Wildman–Crippen LogP) is 2.35. The lowest BCUT2D eigenvalue weighted by atomic mass is 10.1. The first kappa shape index (κ1) is 13.1. The Kier molecular flexibility index (Phi) is 3.85. The van der Waals surface area contributed by atoms with Crippen LogP contribution in [0, 0.1) is 20.8 Å². The highest BCUT2D eigenvalue weighted by Gasteiger charge is 2.08. The van der Waals surface area contributed by atoms with E-state index in [4.69, 9.17) is 4.74 Å². The van der Waals surface area contributed by atoms with Gasteiger partial charge in [0.15, 0.2) is 6.61 Å². The number of nitrogens with zero attached hydrogens (tertiary/aromatic N) is 1. The number of anilines is 1. The number of aromatic amines is 1. The SMILES string of the molecule is Cc1cn[nH]c1NC(=O)COc1cccc(C)c1C. The summed E-state index contributed by atoms with van der Waals surface area (Å²) in [5.74, 6) is 1.12. The van der Waals surface area contributed by atoms with Gasteiger partial charge in [-0.2, -0.15) is 5.10 Å². The van der Waals surface area contributed by atoms with Crippen LogP contribution in [-0.4, -0.2) is 22.7 Å². The van der Waals surface area contributed by atoms with Crippen LogP contribution in [0.2, 0.25) is 0 Å². The van der Waals surface area contributed by atoms with E-state index in [1.807, 2.05) is 39.0 Å². The minimum atomic E-state index is -0.215. The van der Waals surface area contributed by atoms with E-state index >= 15 is 0 Å². The van der Waals surface area contributed by atoms with E-state index in [1.165, 1.54) is 0 Å². The van der Waals surface area contributed by atoms with Gasteiger partial charge in [0.2, 0.25) is 0 Å². The van der Waals surface area contributed by atoms with E-state index in [2.05, 4.69) is 15.5 Å². The molecule has 0 aliphatic heterocycles. The molecule has 2 N–H and O–H groups in total. The second kappa shape index (κ2) is 5.56. The van der Waals surface area contributed by atoms with Gasteiger partial charge in [0.25, 0.3) is 5.91 Å². The molecule has 1 aromatic heterocycles. The maximum absolute atomic E-state index is 11.7. The fraction of sp³-hybridized carbons (Fsp3) is 0.286. The molecule has 5 heteroatoms. The summed E-state index contributed by atoms with van der Waals surface area (Å²) in [4.78, 5) is 11.7. The van der Waals surface area contributed by atoms with Crippen molar-refractivity contribution in [3.8, 4) is 5.75 Å². The lowest BCUT2D eigenvalue weighted by Crippen LogP contribution is -2.21. The third-order valence-corrected chi connectivity index (χ3v) is 3.01. The maximum Gasteiger partial charge on any atom is 0.263 e. The summed E-state index contributed by atoms with van der Waals surface area (Å²) in [6.45, 7) is 5.82. The van der Waals surface area contributed by atoms with Gasteiger partial charge < -0.3 is 10.1 Å². The fourth-order valence-corrected chi connectivity index (χ4v) is 1.67. The van der Waals surface area contributed by atoms with Crippen LogP contribution < -0.4 is 10.1 Å². The number of carbonyl (C=O) groups excluding carboxylic acids is 1. The molecule has 1 heterocycles. The highest BCUT2D eigenvalue weighted by Crippen LogP contribution is 2.20. The summed E-state index contributed by atoms with van der Waals surface area (Å²) in [6.07, 6.45) is 1.65. The van der Waals surface area contributed by atoms with Gasteiger partial charge in [-0.3, -0.25) is 9.89 Å². The Balaban J connectivity index is 1.94. The summed E-state index contributed by atoms with van der Waals surface area (Å²) in [5, 5.41) is 9.27. The van der Waals surface area contributed by atoms with Crippen LogP contribution in [0.5, 0.6) is 5.75 Å². The van der Waals surface area contributed by atoms with Crippen molar-refractivity contribution in [2.45, 2.75) is 20.8 Å². The Labute approximate surface area is 112 Å². The van der Waals surface area contributed by atoms with Gasteiger partial charge in [-0.15, -0.1) is 0 Å². The van der Waals surface area contributed by atoms with Gasteiger partial charge in [0, 0.05) is 5.56 Å². The van der Waals surface area contributed by atoms with E-state index in [-0.39, 0.29) is 12.5 Å². The van der Waals surface area contributed by atoms with Crippen molar-refractivity contribution >= 4 is 11.7 Å². The first-order chi connectivity index (χ1) is 9.08. The molecule has 0 spiro atoms. The van der Waals surface area contributed by atoms with E-state index in [0.717, 1.165) is 22.4 Å². The molecule has 2 rings (SSSR count). The number of amides is 1. The van der Waals surface area contributed by atoms with Gasteiger partial charge >= 0.3 is 0 Å². The number of aromatic nitrogens is 2. The molecule has 0 radical (unpaired) electrons. The lowest BCUT2D eigenvalue weighted by molar-refractivity contribution is -0.118. The van der Waals surface area contributed by atoms with Gasteiger partial charge in [-0.05, 0) is 38.0 Å². The van der Waals surface area contributed by atoms with Crippen molar-refractivity contribution in [3.05, 3.63) is 41.1 Å². The third-order valence-electron chi connectivity index (χ3n) is 3.01.